The van der Waals surface area contributed by atoms with E-state index in [-0.39, 0.29) is 6.61 Å². The van der Waals surface area contributed by atoms with Crippen LogP contribution in [0.5, 0.6) is 0 Å². The predicted octanol–water partition coefficient (Wildman–Crippen LogP) is 2.44. The minimum Gasteiger partial charge on any atom is -0.392 e. The zero-order valence-electron chi connectivity index (χ0n) is 10.5. The van der Waals surface area contributed by atoms with Crippen LogP contribution in [0.3, 0.4) is 0 Å². The summed E-state index contributed by atoms with van der Waals surface area (Å²) in [5.41, 5.74) is 2.32. The van der Waals surface area contributed by atoms with Gasteiger partial charge in [-0.1, -0.05) is 24.3 Å². The molecule has 2 heteroatoms. The van der Waals surface area contributed by atoms with Gasteiger partial charge in [-0.2, -0.15) is 0 Å². The summed E-state index contributed by atoms with van der Waals surface area (Å²) >= 11 is 0. The molecule has 0 aromatic heterocycles. The summed E-state index contributed by atoms with van der Waals surface area (Å²) in [5, 5.41) is 9.08. The third-order valence-electron chi connectivity index (χ3n) is 5.15. The molecule has 0 radical (unpaired) electrons. The Morgan fingerprint density at radius 3 is 2.17 bits per heavy atom. The Morgan fingerprint density at radius 2 is 1.61 bits per heavy atom. The number of nitrogens with zero attached hydrogens (tertiary/aromatic N) is 1. The molecule has 2 aliphatic carbocycles. The third kappa shape index (κ3) is 1.45. The van der Waals surface area contributed by atoms with Crippen LogP contribution in [0.1, 0.15) is 12.0 Å². The quantitative estimate of drug-likeness (QED) is 0.804. The lowest BCUT2D eigenvalue weighted by Gasteiger charge is -2.21. The lowest BCUT2D eigenvalue weighted by molar-refractivity contribution is 0.282. The van der Waals surface area contributed by atoms with Crippen LogP contribution in [-0.4, -0.2) is 18.2 Å². The van der Waals surface area contributed by atoms with Crippen LogP contribution in [0.4, 0.5) is 5.69 Å². The summed E-state index contributed by atoms with van der Waals surface area (Å²) in [6, 6.07) is 8.39. The fourth-order valence-electron chi connectivity index (χ4n) is 4.17. The number of aliphatic hydroxyl groups excluding tert-OH is 1. The fraction of sp³-hybridized carbons (Fsp3) is 0.500. The Bertz CT molecular complexity index is 458. The predicted molar refractivity (Wildman–Crippen MR) is 72.3 cm³/mol. The largest absolute Gasteiger partial charge is 0.392 e. The van der Waals surface area contributed by atoms with E-state index < -0.39 is 0 Å². The number of allylic oxidation sites excluding steroid dienone is 2. The summed E-state index contributed by atoms with van der Waals surface area (Å²) in [5.74, 6) is 3.47. The minimum atomic E-state index is 0.138. The van der Waals surface area contributed by atoms with Gasteiger partial charge in [0.25, 0.3) is 0 Å². The molecule has 1 heterocycles. The monoisotopic (exact) mass is 241 g/mol. The van der Waals surface area contributed by atoms with E-state index in [4.69, 9.17) is 5.11 Å². The highest BCUT2D eigenvalue weighted by molar-refractivity contribution is 5.49. The van der Waals surface area contributed by atoms with Crippen molar-refractivity contribution in [2.24, 2.45) is 23.7 Å². The van der Waals surface area contributed by atoms with Crippen molar-refractivity contribution in [3.8, 4) is 0 Å². The van der Waals surface area contributed by atoms with Crippen LogP contribution < -0.4 is 4.90 Å². The molecule has 18 heavy (non-hydrogen) atoms. The molecule has 0 spiro atoms. The number of aliphatic hydroxyl groups is 1. The summed E-state index contributed by atoms with van der Waals surface area (Å²) in [6.07, 6.45) is 6.31. The first-order valence-corrected chi connectivity index (χ1v) is 6.98. The van der Waals surface area contributed by atoms with Gasteiger partial charge in [0.05, 0.1) is 6.61 Å². The van der Waals surface area contributed by atoms with Crippen molar-refractivity contribution in [1.29, 1.82) is 0 Å². The van der Waals surface area contributed by atoms with Crippen LogP contribution in [-0.2, 0) is 6.61 Å². The first-order valence-electron chi connectivity index (χ1n) is 6.98. The lowest BCUT2D eigenvalue weighted by Crippen LogP contribution is -2.22. The zero-order chi connectivity index (χ0) is 12.1. The van der Waals surface area contributed by atoms with E-state index >= 15 is 0 Å². The van der Waals surface area contributed by atoms with Crippen LogP contribution in [0.15, 0.2) is 36.4 Å². The standard InChI is InChI=1S/C16H19NO/c18-10-11-1-5-14(6-2-11)17-8-15-12-3-4-13(7-12)16(15)9-17/h1-6,12-13,15-16,18H,7-10H2. The smallest absolute Gasteiger partial charge is 0.0681 e. The average Bonchev–Trinajstić information content (AvgIpc) is 3.10. The summed E-state index contributed by atoms with van der Waals surface area (Å²) in [6.45, 7) is 2.57. The zero-order valence-corrected chi connectivity index (χ0v) is 10.5. The molecule has 4 rings (SSSR count). The Balaban J connectivity index is 1.54. The van der Waals surface area contributed by atoms with E-state index in [1.54, 1.807) is 0 Å². The second kappa shape index (κ2) is 3.86. The number of hydrogen-bond donors (Lipinski definition) is 1. The first-order chi connectivity index (χ1) is 8.85. The van der Waals surface area contributed by atoms with Crippen molar-refractivity contribution in [3.05, 3.63) is 42.0 Å². The second-order valence-corrected chi connectivity index (χ2v) is 6.01. The maximum atomic E-state index is 9.08. The fourth-order valence-corrected chi connectivity index (χ4v) is 4.17. The molecule has 3 aliphatic rings. The second-order valence-electron chi connectivity index (χ2n) is 6.01. The molecule has 0 amide bonds. The molecule has 2 nitrogen and oxygen atoms in total. The van der Waals surface area contributed by atoms with Crippen LogP contribution in [0, 0.1) is 23.7 Å². The Morgan fingerprint density at radius 1 is 1.00 bits per heavy atom. The molecule has 2 bridgehead atoms. The normalized spacial score (nSPS) is 36.4. The number of fused-ring (bicyclic) bond motifs is 5. The molecule has 1 saturated carbocycles. The maximum absolute atomic E-state index is 9.08. The topological polar surface area (TPSA) is 23.5 Å². The molecule has 4 atom stereocenters. The highest BCUT2D eigenvalue weighted by Gasteiger charge is 2.49. The van der Waals surface area contributed by atoms with E-state index in [2.05, 4.69) is 29.2 Å². The first kappa shape index (κ1) is 10.6. The van der Waals surface area contributed by atoms with Crippen molar-refractivity contribution in [2.45, 2.75) is 13.0 Å². The van der Waals surface area contributed by atoms with Crippen molar-refractivity contribution in [3.63, 3.8) is 0 Å². The molecule has 1 saturated heterocycles. The van der Waals surface area contributed by atoms with Gasteiger partial charge in [0, 0.05) is 18.8 Å². The highest BCUT2D eigenvalue weighted by Crippen LogP contribution is 2.51. The third-order valence-corrected chi connectivity index (χ3v) is 5.15. The van der Waals surface area contributed by atoms with E-state index in [0.717, 1.165) is 29.2 Å². The van der Waals surface area contributed by atoms with Gasteiger partial charge in [-0.15, -0.1) is 0 Å². The van der Waals surface area contributed by atoms with Gasteiger partial charge in [0.2, 0.25) is 0 Å². The van der Waals surface area contributed by atoms with Crippen molar-refractivity contribution in [1.82, 2.24) is 0 Å². The van der Waals surface area contributed by atoms with Crippen molar-refractivity contribution in [2.75, 3.05) is 18.0 Å². The minimum absolute atomic E-state index is 0.138. The van der Waals surface area contributed by atoms with Crippen LogP contribution >= 0.6 is 0 Å². The number of benzene rings is 1. The maximum Gasteiger partial charge on any atom is 0.0681 e. The molecule has 1 aromatic carbocycles. The van der Waals surface area contributed by atoms with Crippen molar-refractivity contribution >= 4 is 5.69 Å². The van der Waals surface area contributed by atoms with E-state index in [1.807, 2.05) is 12.1 Å². The molecule has 2 fully saturated rings. The van der Waals surface area contributed by atoms with Gasteiger partial charge in [0.15, 0.2) is 0 Å². The lowest BCUT2D eigenvalue weighted by atomic mass is 9.86. The summed E-state index contributed by atoms with van der Waals surface area (Å²) < 4.78 is 0. The summed E-state index contributed by atoms with van der Waals surface area (Å²) in [4.78, 5) is 2.53. The molecule has 1 aliphatic heterocycles. The molecular weight excluding hydrogens is 222 g/mol. The summed E-state index contributed by atoms with van der Waals surface area (Å²) in [7, 11) is 0. The average molecular weight is 241 g/mol. The number of rotatable bonds is 2. The van der Waals surface area contributed by atoms with E-state index in [9.17, 15) is 0 Å². The van der Waals surface area contributed by atoms with Gasteiger partial charge < -0.3 is 10.0 Å². The number of hydrogen-bond acceptors (Lipinski definition) is 2. The molecule has 4 unspecified atom stereocenters. The highest BCUT2D eigenvalue weighted by atomic mass is 16.3. The van der Waals surface area contributed by atoms with Crippen molar-refractivity contribution < 1.29 is 5.11 Å². The molecule has 1 N–H and O–H groups in total. The van der Waals surface area contributed by atoms with E-state index in [1.165, 1.54) is 25.2 Å². The Kier molecular flexibility index (Phi) is 2.28. The van der Waals surface area contributed by atoms with Gasteiger partial charge in [-0.05, 0) is 47.8 Å². The van der Waals surface area contributed by atoms with Gasteiger partial charge in [-0.3, -0.25) is 0 Å². The molecular formula is C16H19NO. The SMILES string of the molecule is OCc1ccc(N2CC3C4C=CC(C4)C3C2)cc1. The molecule has 1 aromatic rings. The Hall–Kier alpha value is -1.28. The van der Waals surface area contributed by atoms with Gasteiger partial charge in [0.1, 0.15) is 0 Å². The molecule has 94 valence electrons. The van der Waals surface area contributed by atoms with E-state index in [0.29, 0.717) is 0 Å². The van der Waals surface area contributed by atoms with Gasteiger partial charge in [-0.25, -0.2) is 0 Å². The Labute approximate surface area is 108 Å². The van der Waals surface area contributed by atoms with Crippen LogP contribution in [0.25, 0.3) is 0 Å². The number of anilines is 1. The van der Waals surface area contributed by atoms with Crippen LogP contribution in [0.2, 0.25) is 0 Å². The van der Waals surface area contributed by atoms with Gasteiger partial charge >= 0.3 is 0 Å².